The lowest BCUT2D eigenvalue weighted by atomic mass is 9.87. The van der Waals surface area contributed by atoms with Crippen molar-refractivity contribution in [2.24, 2.45) is 17.6 Å². The summed E-state index contributed by atoms with van der Waals surface area (Å²) >= 11 is 1.74. The van der Waals surface area contributed by atoms with Crippen LogP contribution in [-0.2, 0) is 11.2 Å². The van der Waals surface area contributed by atoms with Gasteiger partial charge in [-0.25, -0.2) is 0 Å². The van der Waals surface area contributed by atoms with Crippen LogP contribution in [0.3, 0.4) is 0 Å². The van der Waals surface area contributed by atoms with Gasteiger partial charge in [0.2, 0.25) is 5.91 Å². The maximum Gasteiger partial charge on any atom is 0.234 e. The first-order valence-corrected chi connectivity index (χ1v) is 8.28. The minimum absolute atomic E-state index is 0.131. The Morgan fingerprint density at radius 2 is 2.45 bits per heavy atom. The van der Waals surface area contributed by atoms with E-state index in [2.05, 4.69) is 28.6 Å². The van der Waals surface area contributed by atoms with Crippen LogP contribution in [0.5, 0.6) is 0 Å². The van der Waals surface area contributed by atoms with Gasteiger partial charge >= 0.3 is 0 Å². The van der Waals surface area contributed by atoms with Gasteiger partial charge in [-0.1, -0.05) is 13.0 Å². The van der Waals surface area contributed by atoms with Crippen LogP contribution in [-0.4, -0.2) is 43.5 Å². The summed E-state index contributed by atoms with van der Waals surface area (Å²) in [7, 11) is 0. The van der Waals surface area contributed by atoms with Crippen LogP contribution in [0.25, 0.3) is 0 Å². The summed E-state index contributed by atoms with van der Waals surface area (Å²) in [4.78, 5) is 15.5. The summed E-state index contributed by atoms with van der Waals surface area (Å²) in [6, 6.07) is 4.15. The first kappa shape index (κ1) is 15.5. The molecule has 112 valence electrons. The van der Waals surface area contributed by atoms with Gasteiger partial charge in [0.05, 0.1) is 6.54 Å². The van der Waals surface area contributed by atoms with E-state index in [0.29, 0.717) is 18.4 Å². The lowest BCUT2D eigenvalue weighted by Gasteiger charge is -2.36. The van der Waals surface area contributed by atoms with Gasteiger partial charge in [-0.3, -0.25) is 9.69 Å². The summed E-state index contributed by atoms with van der Waals surface area (Å²) < 4.78 is 0. The molecule has 0 radical (unpaired) electrons. The zero-order valence-electron chi connectivity index (χ0n) is 12.2. The fourth-order valence-corrected chi connectivity index (χ4v) is 3.42. The van der Waals surface area contributed by atoms with E-state index in [-0.39, 0.29) is 5.91 Å². The van der Waals surface area contributed by atoms with Crippen molar-refractivity contribution in [2.45, 2.75) is 19.8 Å². The molecular weight excluding hydrogens is 270 g/mol. The molecule has 1 aromatic heterocycles. The predicted molar refractivity (Wildman–Crippen MR) is 83.8 cm³/mol. The molecule has 2 unspecified atom stereocenters. The van der Waals surface area contributed by atoms with Crippen LogP contribution in [0.2, 0.25) is 0 Å². The van der Waals surface area contributed by atoms with Gasteiger partial charge in [-0.05, 0) is 49.2 Å². The Bertz CT molecular complexity index is 407. The number of carbonyl (C=O) groups excluding carboxylic acids is 1. The molecule has 0 bridgehead atoms. The molecule has 1 aliphatic rings. The number of nitrogens with zero attached hydrogens (tertiary/aromatic N) is 1. The Labute approximate surface area is 125 Å². The molecule has 2 rings (SSSR count). The van der Waals surface area contributed by atoms with Crippen LogP contribution in [0.4, 0.5) is 0 Å². The van der Waals surface area contributed by atoms with E-state index < -0.39 is 0 Å². The molecule has 1 amide bonds. The van der Waals surface area contributed by atoms with E-state index in [4.69, 9.17) is 5.73 Å². The third kappa shape index (κ3) is 4.58. The van der Waals surface area contributed by atoms with Crippen molar-refractivity contribution < 1.29 is 4.79 Å². The number of hydrogen-bond acceptors (Lipinski definition) is 4. The van der Waals surface area contributed by atoms with Crippen LogP contribution in [0, 0.1) is 11.8 Å². The van der Waals surface area contributed by atoms with Gasteiger partial charge in [-0.2, -0.15) is 0 Å². The zero-order chi connectivity index (χ0) is 14.4. The fourth-order valence-electron chi connectivity index (χ4n) is 2.71. The quantitative estimate of drug-likeness (QED) is 0.832. The van der Waals surface area contributed by atoms with Crippen LogP contribution < -0.4 is 11.1 Å². The van der Waals surface area contributed by atoms with Gasteiger partial charge < -0.3 is 11.1 Å². The molecule has 4 nitrogen and oxygen atoms in total. The number of nitrogens with one attached hydrogen (secondary N) is 1. The van der Waals surface area contributed by atoms with Crippen molar-refractivity contribution in [3.05, 3.63) is 22.4 Å². The molecule has 0 spiro atoms. The highest BCUT2D eigenvalue weighted by Gasteiger charge is 2.25. The maximum absolute atomic E-state index is 11.9. The molecule has 1 aromatic rings. The molecule has 0 aliphatic carbocycles. The SMILES string of the molecule is CC1CCN(CC(=O)NCCc2cccs2)CC1CN. The molecule has 0 aromatic carbocycles. The van der Waals surface area contributed by atoms with Crippen LogP contribution >= 0.6 is 11.3 Å². The Kier molecular flexibility index (Phi) is 6.01. The molecule has 1 aliphatic heterocycles. The smallest absolute Gasteiger partial charge is 0.234 e. The van der Waals surface area contributed by atoms with E-state index in [1.165, 1.54) is 4.88 Å². The average Bonchev–Trinajstić information content (AvgIpc) is 2.94. The highest BCUT2D eigenvalue weighted by atomic mass is 32.1. The zero-order valence-corrected chi connectivity index (χ0v) is 13.0. The number of hydrogen-bond donors (Lipinski definition) is 2. The first-order chi connectivity index (χ1) is 9.69. The molecule has 5 heteroatoms. The van der Waals surface area contributed by atoms with Crippen molar-refractivity contribution >= 4 is 17.2 Å². The minimum atomic E-state index is 0.131. The molecule has 20 heavy (non-hydrogen) atoms. The molecule has 0 saturated carbocycles. The molecular formula is C15H25N3OS. The minimum Gasteiger partial charge on any atom is -0.355 e. The number of thiophene rings is 1. The summed E-state index contributed by atoms with van der Waals surface area (Å²) in [6.07, 6.45) is 2.07. The van der Waals surface area contributed by atoms with Gasteiger partial charge in [0.25, 0.3) is 0 Å². The van der Waals surface area contributed by atoms with E-state index >= 15 is 0 Å². The summed E-state index contributed by atoms with van der Waals surface area (Å²) in [5.41, 5.74) is 5.80. The predicted octanol–water partition coefficient (Wildman–Crippen LogP) is 1.32. The van der Waals surface area contributed by atoms with Gasteiger partial charge in [0, 0.05) is 18.0 Å². The Morgan fingerprint density at radius 3 is 3.15 bits per heavy atom. The van der Waals surface area contributed by atoms with E-state index in [1.54, 1.807) is 11.3 Å². The molecule has 3 N–H and O–H groups in total. The highest BCUT2D eigenvalue weighted by molar-refractivity contribution is 7.09. The second-order valence-electron chi connectivity index (χ2n) is 5.68. The number of carbonyl (C=O) groups is 1. The van der Waals surface area contributed by atoms with Gasteiger partial charge in [-0.15, -0.1) is 11.3 Å². The number of nitrogens with two attached hydrogens (primary N) is 1. The van der Waals surface area contributed by atoms with Crippen molar-refractivity contribution in [3.63, 3.8) is 0 Å². The second kappa shape index (κ2) is 7.76. The Hall–Kier alpha value is -0.910. The Morgan fingerprint density at radius 1 is 1.60 bits per heavy atom. The first-order valence-electron chi connectivity index (χ1n) is 7.40. The summed E-state index contributed by atoms with van der Waals surface area (Å²) in [5.74, 6) is 1.34. The van der Waals surface area contributed by atoms with Crippen molar-refractivity contribution in [1.29, 1.82) is 0 Å². The van der Waals surface area contributed by atoms with E-state index in [0.717, 1.165) is 39.0 Å². The monoisotopic (exact) mass is 295 g/mol. The third-order valence-corrected chi connectivity index (χ3v) is 5.08. The number of piperidine rings is 1. The van der Waals surface area contributed by atoms with E-state index in [9.17, 15) is 4.79 Å². The number of rotatable bonds is 6. The van der Waals surface area contributed by atoms with Crippen LogP contribution in [0.1, 0.15) is 18.2 Å². The van der Waals surface area contributed by atoms with E-state index in [1.807, 2.05) is 6.07 Å². The topological polar surface area (TPSA) is 58.4 Å². The molecule has 1 saturated heterocycles. The fraction of sp³-hybridized carbons (Fsp3) is 0.667. The summed E-state index contributed by atoms with van der Waals surface area (Å²) in [6.45, 7) is 6.18. The maximum atomic E-state index is 11.9. The lowest BCUT2D eigenvalue weighted by molar-refractivity contribution is -0.122. The standard InChI is InChI=1S/C15H25N3OS/c1-12-5-7-18(10-13(12)9-16)11-15(19)17-6-4-14-3-2-8-20-14/h2-3,8,12-13H,4-7,9-11,16H2,1H3,(H,17,19). The molecule has 1 fully saturated rings. The van der Waals surface area contributed by atoms with Crippen molar-refractivity contribution in [1.82, 2.24) is 10.2 Å². The lowest BCUT2D eigenvalue weighted by Crippen LogP contribution is -2.46. The van der Waals surface area contributed by atoms with Crippen molar-refractivity contribution in [2.75, 3.05) is 32.7 Å². The highest BCUT2D eigenvalue weighted by Crippen LogP contribution is 2.21. The number of amides is 1. The van der Waals surface area contributed by atoms with Crippen molar-refractivity contribution in [3.8, 4) is 0 Å². The summed E-state index contributed by atoms with van der Waals surface area (Å²) in [5, 5.41) is 5.08. The van der Waals surface area contributed by atoms with Gasteiger partial charge in [0.1, 0.15) is 0 Å². The molecule has 2 atom stereocenters. The largest absolute Gasteiger partial charge is 0.355 e. The Balaban J connectivity index is 1.66. The van der Waals surface area contributed by atoms with Crippen LogP contribution in [0.15, 0.2) is 17.5 Å². The normalized spacial score (nSPS) is 23.7. The average molecular weight is 295 g/mol. The third-order valence-electron chi connectivity index (χ3n) is 4.14. The second-order valence-corrected chi connectivity index (χ2v) is 6.71. The molecule has 2 heterocycles. The van der Waals surface area contributed by atoms with Gasteiger partial charge in [0.15, 0.2) is 0 Å². The number of likely N-dealkylation sites (tertiary alicyclic amines) is 1.